The number of anilines is 1. The molecular weight excluding hydrogens is 360 g/mol. The highest BCUT2D eigenvalue weighted by Gasteiger charge is 2.33. The second-order valence-corrected chi connectivity index (χ2v) is 8.13. The summed E-state index contributed by atoms with van der Waals surface area (Å²) in [5, 5.41) is 12.9. The van der Waals surface area contributed by atoms with Crippen molar-refractivity contribution < 1.29 is 14.7 Å². The molecule has 1 saturated carbocycles. The topological polar surface area (TPSA) is 79.3 Å². The summed E-state index contributed by atoms with van der Waals surface area (Å²) in [6.07, 6.45) is 1.62. The van der Waals surface area contributed by atoms with Crippen molar-refractivity contribution in [3.05, 3.63) is 48.0 Å². The number of carboxylic acids is 1. The highest BCUT2D eigenvalue weighted by molar-refractivity contribution is 7.21. The molecule has 5 nitrogen and oxygen atoms in total. The Morgan fingerprint density at radius 2 is 1.85 bits per heavy atom. The van der Waals surface area contributed by atoms with Gasteiger partial charge in [-0.3, -0.25) is 9.59 Å². The SMILES string of the molecule is Cc1ccc2nc(-c3ccc(NC(=O)[C@@H]4CC[C@H](C(=O)O)C4)cc3)sc2c1. The molecule has 0 aliphatic heterocycles. The molecule has 3 aromatic rings. The van der Waals surface area contributed by atoms with Gasteiger partial charge in [0.05, 0.1) is 16.1 Å². The summed E-state index contributed by atoms with van der Waals surface area (Å²) in [7, 11) is 0. The van der Waals surface area contributed by atoms with Crippen LogP contribution in [0.3, 0.4) is 0 Å². The van der Waals surface area contributed by atoms with Gasteiger partial charge in [0.25, 0.3) is 0 Å². The Hall–Kier alpha value is -2.73. The number of carboxylic acid groups (broad SMARTS) is 1. The van der Waals surface area contributed by atoms with Crippen molar-refractivity contribution >= 4 is 39.1 Å². The number of rotatable bonds is 4. The number of amides is 1. The van der Waals surface area contributed by atoms with E-state index in [9.17, 15) is 9.59 Å². The number of benzene rings is 2. The molecule has 1 amide bonds. The molecule has 27 heavy (non-hydrogen) atoms. The Bertz CT molecular complexity index is 1010. The second-order valence-electron chi connectivity index (χ2n) is 7.10. The van der Waals surface area contributed by atoms with Crippen molar-refractivity contribution in [3.63, 3.8) is 0 Å². The van der Waals surface area contributed by atoms with Crippen LogP contribution in [0.1, 0.15) is 24.8 Å². The number of hydrogen-bond donors (Lipinski definition) is 2. The first kappa shape index (κ1) is 17.7. The fourth-order valence-electron chi connectivity index (χ4n) is 3.54. The maximum Gasteiger partial charge on any atom is 0.306 e. The molecule has 0 spiro atoms. The van der Waals surface area contributed by atoms with E-state index in [1.54, 1.807) is 11.3 Å². The van der Waals surface area contributed by atoms with E-state index in [4.69, 9.17) is 5.11 Å². The lowest BCUT2D eigenvalue weighted by atomic mass is 10.0. The molecule has 2 aromatic carbocycles. The summed E-state index contributed by atoms with van der Waals surface area (Å²) in [5.41, 5.74) is 3.94. The van der Waals surface area contributed by atoms with Crippen molar-refractivity contribution in [2.24, 2.45) is 11.8 Å². The van der Waals surface area contributed by atoms with Gasteiger partial charge in [-0.2, -0.15) is 0 Å². The minimum atomic E-state index is -0.805. The normalized spacial score (nSPS) is 19.3. The number of thiazole rings is 1. The van der Waals surface area contributed by atoms with E-state index in [2.05, 4.69) is 29.4 Å². The van der Waals surface area contributed by atoms with Crippen molar-refractivity contribution in [1.29, 1.82) is 0 Å². The van der Waals surface area contributed by atoms with E-state index >= 15 is 0 Å². The van der Waals surface area contributed by atoms with Crippen LogP contribution in [0.4, 0.5) is 5.69 Å². The fraction of sp³-hybridized carbons (Fsp3) is 0.286. The smallest absolute Gasteiger partial charge is 0.306 e. The van der Waals surface area contributed by atoms with Gasteiger partial charge in [-0.1, -0.05) is 6.07 Å². The van der Waals surface area contributed by atoms with E-state index < -0.39 is 11.9 Å². The molecule has 1 heterocycles. The zero-order chi connectivity index (χ0) is 19.0. The molecule has 0 unspecified atom stereocenters. The highest BCUT2D eigenvalue weighted by atomic mass is 32.1. The van der Waals surface area contributed by atoms with E-state index in [0.29, 0.717) is 19.3 Å². The van der Waals surface area contributed by atoms with Gasteiger partial charge in [0.1, 0.15) is 5.01 Å². The third-order valence-electron chi connectivity index (χ3n) is 5.10. The monoisotopic (exact) mass is 380 g/mol. The number of aryl methyl sites for hydroxylation is 1. The molecule has 0 radical (unpaired) electrons. The molecule has 1 fully saturated rings. The number of aromatic nitrogens is 1. The maximum atomic E-state index is 12.4. The van der Waals surface area contributed by atoms with Crippen LogP contribution >= 0.6 is 11.3 Å². The molecule has 2 atom stereocenters. The van der Waals surface area contributed by atoms with E-state index in [0.717, 1.165) is 26.5 Å². The van der Waals surface area contributed by atoms with Gasteiger partial charge in [-0.15, -0.1) is 11.3 Å². The number of carbonyl (C=O) groups is 2. The average molecular weight is 380 g/mol. The summed E-state index contributed by atoms with van der Waals surface area (Å²) < 4.78 is 1.16. The van der Waals surface area contributed by atoms with Crippen molar-refractivity contribution in [1.82, 2.24) is 4.98 Å². The molecule has 0 saturated heterocycles. The van der Waals surface area contributed by atoms with E-state index in [-0.39, 0.29) is 11.8 Å². The molecule has 2 N–H and O–H groups in total. The van der Waals surface area contributed by atoms with E-state index in [1.165, 1.54) is 5.56 Å². The number of hydrogen-bond acceptors (Lipinski definition) is 4. The van der Waals surface area contributed by atoms with Gasteiger partial charge in [-0.05, 0) is 68.1 Å². The van der Waals surface area contributed by atoms with Crippen LogP contribution < -0.4 is 5.32 Å². The summed E-state index contributed by atoms with van der Waals surface area (Å²) in [6, 6.07) is 13.9. The number of nitrogens with one attached hydrogen (secondary N) is 1. The predicted octanol–water partition coefficient (Wildman–Crippen LogP) is 4.71. The minimum absolute atomic E-state index is 0.0954. The van der Waals surface area contributed by atoms with Crippen molar-refractivity contribution in [3.8, 4) is 10.6 Å². The third-order valence-corrected chi connectivity index (χ3v) is 6.16. The molecule has 0 bridgehead atoms. The van der Waals surface area contributed by atoms with Crippen LogP contribution in [0.2, 0.25) is 0 Å². The lowest BCUT2D eigenvalue weighted by Gasteiger charge is -2.11. The van der Waals surface area contributed by atoms with Gasteiger partial charge in [-0.25, -0.2) is 4.98 Å². The summed E-state index contributed by atoms with van der Waals surface area (Å²) in [4.78, 5) is 28.1. The summed E-state index contributed by atoms with van der Waals surface area (Å²) in [5.74, 6) is -1.52. The molecule has 138 valence electrons. The molecule has 1 aromatic heterocycles. The Balaban J connectivity index is 1.45. The number of carbonyl (C=O) groups excluding carboxylic acids is 1. The van der Waals surface area contributed by atoms with Gasteiger partial charge >= 0.3 is 5.97 Å². The standard InChI is InChI=1S/C21H20N2O3S/c1-12-2-9-17-18(10-12)27-20(23-17)13-5-7-16(8-6-13)22-19(24)14-3-4-15(11-14)21(25)26/h2,5-10,14-15H,3-4,11H2,1H3,(H,22,24)(H,25,26)/t14-,15+/m1/s1. The summed E-state index contributed by atoms with van der Waals surface area (Å²) in [6.45, 7) is 2.07. The lowest BCUT2D eigenvalue weighted by molar-refractivity contribution is -0.141. The first-order valence-electron chi connectivity index (χ1n) is 9.01. The Morgan fingerprint density at radius 3 is 2.56 bits per heavy atom. The van der Waals surface area contributed by atoms with Crippen molar-refractivity contribution in [2.75, 3.05) is 5.32 Å². The Labute approximate surface area is 161 Å². The number of nitrogens with zero attached hydrogens (tertiary/aromatic N) is 1. The Morgan fingerprint density at radius 1 is 1.11 bits per heavy atom. The Kier molecular flexibility index (Phi) is 4.66. The molecule has 6 heteroatoms. The first-order chi connectivity index (χ1) is 13.0. The molecule has 1 aliphatic rings. The molecule has 1 aliphatic carbocycles. The van der Waals surface area contributed by atoms with Gasteiger partial charge in [0.15, 0.2) is 0 Å². The zero-order valence-corrected chi connectivity index (χ0v) is 15.8. The van der Waals surface area contributed by atoms with Gasteiger partial charge in [0, 0.05) is 17.2 Å². The fourth-order valence-corrected chi connectivity index (χ4v) is 4.61. The van der Waals surface area contributed by atoms with Crippen LogP contribution in [0.15, 0.2) is 42.5 Å². The van der Waals surface area contributed by atoms with Crippen LogP contribution in [0.25, 0.3) is 20.8 Å². The highest BCUT2D eigenvalue weighted by Crippen LogP contribution is 2.33. The van der Waals surface area contributed by atoms with Crippen molar-refractivity contribution in [2.45, 2.75) is 26.2 Å². The average Bonchev–Trinajstić information content (AvgIpc) is 3.29. The van der Waals surface area contributed by atoms with Crippen LogP contribution in [-0.4, -0.2) is 22.0 Å². The second kappa shape index (κ2) is 7.12. The number of fused-ring (bicyclic) bond motifs is 1. The molecule has 4 rings (SSSR count). The zero-order valence-electron chi connectivity index (χ0n) is 14.9. The minimum Gasteiger partial charge on any atom is -0.481 e. The molecular formula is C21H20N2O3S. The van der Waals surface area contributed by atoms with Gasteiger partial charge < -0.3 is 10.4 Å². The van der Waals surface area contributed by atoms with Crippen LogP contribution in [0.5, 0.6) is 0 Å². The lowest BCUT2D eigenvalue weighted by Crippen LogP contribution is -2.21. The van der Waals surface area contributed by atoms with Crippen LogP contribution in [0, 0.1) is 18.8 Å². The number of aliphatic carboxylic acids is 1. The third kappa shape index (κ3) is 3.71. The quantitative estimate of drug-likeness (QED) is 0.687. The van der Waals surface area contributed by atoms with Crippen LogP contribution in [-0.2, 0) is 9.59 Å². The van der Waals surface area contributed by atoms with E-state index in [1.807, 2.05) is 30.3 Å². The largest absolute Gasteiger partial charge is 0.481 e. The first-order valence-corrected chi connectivity index (χ1v) is 9.82. The maximum absolute atomic E-state index is 12.4. The summed E-state index contributed by atoms with van der Waals surface area (Å²) >= 11 is 1.65. The predicted molar refractivity (Wildman–Crippen MR) is 107 cm³/mol. The van der Waals surface area contributed by atoms with Gasteiger partial charge in [0.2, 0.25) is 5.91 Å².